The third-order valence-electron chi connectivity index (χ3n) is 3.17. The maximum absolute atomic E-state index is 12.0. The highest BCUT2D eigenvalue weighted by atomic mass is 16.4. The molecule has 3 unspecified atom stereocenters. The van der Waals surface area contributed by atoms with Gasteiger partial charge in [-0.05, 0) is 26.7 Å². The summed E-state index contributed by atoms with van der Waals surface area (Å²) in [6.45, 7) is 2.73. The Balaban J connectivity index is 4.41. The Labute approximate surface area is 150 Å². The molecule has 148 valence electrons. The smallest absolute Gasteiger partial charge is 0.326 e. The number of carboxylic acid groups (broad SMARTS) is 1. The molecule has 12 nitrogen and oxygen atoms in total. The number of carbonyl (C=O) groups excluding carboxylic acids is 3. The van der Waals surface area contributed by atoms with Gasteiger partial charge in [-0.25, -0.2) is 4.79 Å². The molecule has 0 aromatic carbocycles. The van der Waals surface area contributed by atoms with Crippen LogP contribution >= 0.6 is 0 Å². The molecule has 0 aromatic rings. The maximum atomic E-state index is 12.0. The molecule has 0 rings (SSSR count). The van der Waals surface area contributed by atoms with E-state index in [0.717, 1.165) is 0 Å². The number of nitrogens with two attached hydrogens (primary N) is 3. The number of hydrogen-bond acceptors (Lipinski definition) is 6. The number of hydrogen-bond donors (Lipinski definition) is 7. The molecule has 0 spiro atoms. The molecule has 10 N–H and O–H groups in total. The van der Waals surface area contributed by atoms with Gasteiger partial charge in [0.15, 0.2) is 5.96 Å². The minimum atomic E-state index is -1.22. The van der Waals surface area contributed by atoms with Crippen molar-refractivity contribution >= 4 is 29.7 Å². The third-order valence-corrected chi connectivity index (χ3v) is 3.17. The Hall–Kier alpha value is -2.89. The third kappa shape index (κ3) is 10.1. The average Bonchev–Trinajstić information content (AvgIpc) is 2.54. The van der Waals surface area contributed by atoms with Crippen molar-refractivity contribution in [2.45, 2.75) is 44.8 Å². The van der Waals surface area contributed by atoms with Gasteiger partial charge in [-0.2, -0.15) is 0 Å². The van der Waals surface area contributed by atoms with Crippen molar-refractivity contribution in [3.8, 4) is 0 Å². The Morgan fingerprint density at radius 2 is 1.69 bits per heavy atom. The number of aliphatic imine (C=N–C) groups is 1. The lowest BCUT2D eigenvalue weighted by Crippen LogP contribution is -2.52. The summed E-state index contributed by atoms with van der Waals surface area (Å²) in [7, 11) is 0. The van der Waals surface area contributed by atoms with E-state index < -0.39 is 41.8 Å². The first-order chi connectivity index (χ1) is 12.0. The average molecular weight is 373 g/mol. The predicted molar refractivity (Wildman–Crippen MR) is 93.7 cm³/mol. The summed E-state index contributed by atoms with van der Waals surface area (Å²) >= 11 is 0. The van der Waals surface area contributed by atoms with E-state index >= 15 is 0 Å². The minimum absolute atomic E-state index is 0.103. The van der Waals surface area contributed by atoms with Crippen LogP contribution in [0.15, 0.2) is 4.99 Å². The van der Waals surface area contributed by atoms with Crippen LogP contribution in [0.5, 0.6) is 0 Å². The fourth-order valence-corrected chi connectivity index (χ4v) is 1.74. The highest BCUT2D eigenvalue weighted by molar-refractivity contribution is 5.92. The fourth-order valence-electron chi connectivity index (χ4n) is 1.74. The van der Waals surface area contributed by atoms with E-state index in [1.807, 2.05) is 0 Å². The van der Waals surface area contributed by atoms with Crippen LogP contribution in [-0.4, -0.2) is 66.0 Å². The van der Waals surface area contributed by atoms with E-state index in [2.05, 4.69) is 20.9 Å². The first-order valence-electron chi connectivity index (χ1n) is 7.95. The van der Waals surface area contributed by atoms with E-state index in [4.69, 9.17) is 22.3 Å². The van der Waals surface area contributed by atoms with Gasteiger partial charge in [0.25, 0.3) is 0 Å². The number of carboxylic acids is 1. The second-order valence-corrected chi connectivity index (χ2v) is 5.64. The van der Waals surface area contributed by atoms with Crippen molar-refractivity contribution in [3.05, 3.63) is 0 Å². The van der Waals surface area contributed by atoms with Crippen LogP contribution in [0, 0.1) is 0 Å². The molecule has 3 amide bonds. The van der Waals surface area contributed by atoms with Gasteiger partial charge in [-0.1, -0.05) is 0 Å². The summed E-state index contributed by atoms with van der Waals surface area (Å²) in [5, 5.41) is 16.1. The summed E-state index contributed by atoms with van der Waals surface area (Å²) in [6.07, 6.45) is 0.460. The number of nitrogens with zero attached hydrogens (tertiary/aromatic N) is 1. The Kier molecular flexibility index (Phi) is 10.3. The van der Waals surface area contributed by atoms with Crippen LogP contribution in [0.1, 0.15) is 26.7 Å². The molecular formula is C14H27N7O5. The van der Waals surface area contributed by atoms with E-state index in [0.29, 0.717) is 6.42 Å². The van der Waals surface area contributed by atoms with Gasteiger partial charge in [0, 0.05) is 6.54 Å². The topological polar surface area (TPSA) is 215 Å². The van der Waals surface area contributed by atoms with Crippen molar-refractivity contribution < 1.29 is 24.3 Å². The zero-order chi connectivity index (χ0) is 20.3. The number of guanidine groups is 1. The number of aliphatic carboxylic acids is 1. The molecule has 0 fully saturated rings. The van der Waals surface area contributed by atoms with Crippen LogP contribution in [-0.2, 0) is 19.2 Å². The molecular weight excluding hydrogens is 346 g/mol. The van der Waals surface area contributed by atoms with Gasteiger partial charge in [-0.15, -0.1) is 0 Å². The number of carbonyl (C=O) groups is 4. The largest absolute Gasteiger partial charge is 0.480 e. The van der Waals surface area contributed by atoms with E-state index in [-0.39, 0.29) is 25.5 Å². The standard InChI is InChI=1S/C14H27N7O5/c1-7(15)11(23)19-6-10(22)20-8(2)12(24)21-9(13(25)26)4-3-5-18-14(16)17/h7-9H,3-6,15H2,1-2H3,(H,19,23)(H,20,22)(H,21,24)(H,25,26)(H4,16,17,18). The molecule has 0 aromatic heterocycles. The van der Waals surface area contributed by atoms with Gasteiger partial charge in [0.2, 0.25) is 17.7 Å². The van der Waals surface area contributed by atoms with Gasteiger partial charge in [-0.3, -0.25) is 19.4 Å². The van der Waals surface area contributed by atoms with Crippen molar-refractivity contribution in [1.82, 2.24) is 16.0 Å². The van der Waals surface area contributed by atoms with Gasteiger partial charge in [0.05, 0.1) is 12.6 Å². The van der Waals surface area contributed by atoms with Crippen LogP contribution in [0.4, 0.5) is 0 Å². The van der Waals surface area contributed by atoms with Crippen molar-refractivity contribution in [1.29, 1.82) is 0 Å². The molecule has 0 heterocycles. The Morgan fingerprint density at radius 1 is 1.08 bits per heavy atom. The van der Waals surface area contributed by atoms with Crippen molar-refractivity contribution in [2.75, 3.05) is 13.1 Å². The highest BCUT2D eigenvalue weighted by Crippen LogP contribution is 1.99. The lowest BCUT2D eigenvalue weighted by Gasteiger charge is -2.18. The first kappa shape index (κ1) is 23.1. The van der Waals surface area contributed by atoms with Crippen molar-refractivity contribution in [2.24, 2.45) is 22.2 Å². The maximum Gasteiger partial charge on any atom is 0.326 e. The molecule has 0 aliphatic carbocycles. The molecule has 0 bridgehead atoms. The second kappa shape index (κ2) is 11.6. The molecule has 0 saturated carbocycles. The van der Waals surface area contributed by atoms with Crippen molar-refractivity contribution in [3.63, 3.8) is 0 Å². The Morgan fingerprint density at radius 3 is 2.19 bits per heavy atom. The summed E-state index contributed by atoms with van der Waals surface area (Å²) in [5.74, 6) is -3.12. The predicted octanol–water partition coefficient (Wildman–Crippen LogP) is -3.42. The first-order valence-corrected chi connectivity index (χ1v) is 7.95. The Bertz CT molecular complexity index is 546. The summed E-state index contributed by atoms with van der Waals surface area (Å²) in [5.41, 5.74) is 15.7. The molecule has 0 saturated heterocycles. The van der Waals surface area contributed by atoms with Crippen LogP contribution in [0.3, 0.4) is 0 Å². The summed E-state index contributed by atoms with van der Waals surface area (Å²) in [6, 6.07) is -2.90. The molecule has 26 heavy (non-hydrogen) atoms. The van der Waals surface area contributed by atoms with Crippen LogP contribution < -0.4 is 33.2 Å². The summed E-state index contributed by atoms with van der Waals surface area (Å²) in [4.78, 5) is 49.9. The molecule has 0 aliphatic rings. The molecule has 12 heteroatoms. The number of rotatable bonds is 11. The van der Waals surface area contributed by atoms with E-state index in [9.17, 15) is 19.2 Å². The molecule has 0 radical (unpaired) electrons. The normalized spacial score (nSPS) is 13.7. The lowest BCUT2D eigenvalue weighted by atomic mass is 10.1. The summed E-state index contributed by atoms with van der Waals surface area (Å²) < 4.78 is 0. The minimum Gasteiger partial charge on any atom is -0.480 e. The highest BCUT2D eigenvalue weighted by Gasteiger charge is 2.23. The van der Waals surface area contributed by atoms with Gasteiger partial charge in [0.1, 0.15) is 12.1 Å². The van der Waals surface area contributed by atoms with E-state index in [1.54, 1.807) is 0 Å². The zero-order valence-corrected chi connectivity index (χ0v) is 14.8. The zero-order valence-electron chi connectivity index (χ0n) is 14.8. The van der Waals surface area contributed by atoms with Gasteiger partial charge >= 0.3 is 5.97 Å². The molecule has 0 aliphatic heterocycles. The monoisotopic (exact) mass is 373 g/mol. The quantitative estimate of drug-likeness (QED) is 0.110. The molecule has 3 atom stereocenters. The van der Waals surface area contributed by atoms with Crippen LogP contribution in [0.25, 0.3) is 0 Å². The van der Waals surface area contributed by atoms with Crippen LogP contribution in [0.2, 0.25) is 0 Å². The lowest BCUT2D eigenvalue weighted by molar-refractivity contribution is -0.142. The van der Waals surface area contributed by atoms with Gasteiger partial charge < -0.3 is 38.3 Å². The number of nitrogens with one attached hydrogen (secondary N) is 3. The number of amides is 3. The second-order valence-electron chi connectivity index (χ2n) is 5.64. The SMILES string of the molecule is CC(N)C(=O)NCC(=O)NC(C)C(=O)NC(CCCN=C(N)N)C(=O)O. The fraction of sp³-hybridized carbons (Fsp3) is 0.643. The van der Waals surface area contributed by atoms with E-state index in [1.165, 1.54) is 13.8 Å².